The number of fused-ring (bicyclic) bond motifs is 1. The van der Waals surface area contributed by atoms with Crippen molar-refractivity contribution in [3.05, 3.63) is 53.5 Å². The standard InChI is InChI=1S/C23H25F3N4O.C3H8/c1-23(2,26)20-10-6-9-17(27-20)22(31)28-19-11-14-13-30(15-7-4-3-5-8-15)29-18(14)12-16(19)21(24)25;1-3-2/h6,9-13,15,21H,3-5,7-8H2,1-2H3,(H,28,31);3H2,1-2H3. The van der Waals surface area contributed by atoms with Crippen LogP contribution in [0.5, 0.6) is 0 Å². The Morgan fingerprint density at radius 1 is 1.18 bits per heavy atom. The fraction of sp³-hybridized carbons (Fsp3) is 0.500. The van der Waals surface area contributed by atoms with Crippen LogP contribution < -0.4 is 5.32 Å². The van der Waals surface area contributed by atoms with Gasteiger partial charge in [0.2, 0.25) is 0 Å². The topological polar surface area (TPSA) is 59.8 Å². The lowest BCUT2D eigenvalue weighted by molar-refractivity contribution is 0.102. The van der Waals surface area contributed by atoms with Gasteiger partial charge in [0.05, 0.1) is 22.9 Å². The fourth-order valence-corrected chi connectivity index (χ4v) is 4.01. The summed E-state index contributed by atoms with van der Waals surface area (Å²) in [6.45, 7) is 6.92. The molecule has 0 unspecified atom stereocenters. The largest absolute Gasteiger partial charge is 0.320 e. The number of aromatic nitrogens is 3. The number of alkyl halides is 3. The van der Waals surface area contributed by atoms with Crippen LogP contribution in [0.1, 0.15) is 100 Å². The van der Waals surface area contributed by atoms with Crippen molar-refractivity contribution in [3.63, 3.8) is 0 Å². The zero-order chi connectivity index (χ0) is 24.9. The molecule has 0 atom stereocenters. The smallest absolute Gasteiger partial charge is 0.274 e. The van der Waals surface area contributed by atoms with Gasteiger partial charge in [0.1, 0.15) is 11.4 Å². The van der Waals surface area contributed by atoms with E-state index >= 15 is 0 Å². The lowest BCUT2D eigenvalue weighted by Gasteiger charge is -2.21. The summed E-state index contributed by atoms with van der Waals surface area (Å²) in [5, 5.41) is 7.72. The second-order valence-corrected chi connectivity index (χ2v) is 9.24. The number of anilines is 1. The van der Waals surface area contributed by atoms with Crippen molar-refractivity contribution >= 4 is 22.5 Å². The second-order valence-electron chi connectivity index (χ2n) is 9.24. The minimum Gasteiger partial charge on any atom is -0.320 e. The molecule has 0 saturated heterocycles. The third kappa shape index (κ3) is 6.15. The van der Waals surface area contributed by atoms with Gasteiger partial charge in [-0.2, -0.15) is 5.10 Å². The van der Waals surface area contributed by atoms with Crippen LogP contribution in [0.4, 0.5) is 18.9 Å². The van der Waals surface area contributed by atoms with E-state index in [1.54, 1.807) is 0 Å². The second kappa shape index (κ2) is 11.0. The number of pyridine rings is 1. The number of rotatable bonds is 5. The van der Waals surface area contributed by atoms with E-state index in [9.17, 15) is 18.0 Å². The summed E-state index contributed by atoms with van der Waals surface area (Å²) in [6, 6.07) is 7.53. The number of hydrogen-bond donors (Lipinski definition) is 1. The molecule has 4 rings (SSSR count). The Morgan fingerprint density at radius 2 is 1.85 bits per heavy atom. The molecule has 1 aliphatic rings. The lowest BCUT2D eigenvalue weighted by Crippen LogP contribution is -2.18. The third-order valence-corrected chi connectivity index (χ3v) is 5.72. The molecule has 0 radical (unpaired) electrons. The number of hydrogen-bond acceptors (Lipinski definition) is 3. The number of carbonyl (C=O) groups is 1. The number of halogens is 3. The van der Waals surface area contributed by atoms with Crippen molar-refractivity contribution in [2.75, 3.05) is 5.32 Å². The molecule has 2 aromatic heterocycles. The normalized spacial score (nSPS) is 14.7. The first-order valence-electron chi connectivity index (χ1n) is 11.9. The van der Waals surface area contributed by atoms with Gasteiger partial charge in [-0.15, -0.1) is 0 Å². The number of benzene rings is 1. The van der Waals surface area contributed by atoms with E-state index in [-0.39, 0.29) is 28.7 Å². The van der Waals surface area contributed by atoms with E-state index in [2.05, 4.69) is 29.2 Å². The van der Waals surface area contributed by atoms with Crippen molar-refractivity contribution in [1.82, 2.24) is 14.8 Å². The molecule has 0 aliphatic heterocycles. The molecular weight excluding hydrogens is 441 g/mol. The number of carbonyl (C=O) groups excluding carboxylic acids is 1. The fourth-order valence-electron chi connectivity index (χ4n) is 4.01. The maximum Gasteiger partial charge on any atom is 0.274 e. The van der Waals surface area contributed by atoms with E-state index in [4.69, 9.17) is 0 Å². The predicted octanol–water partition coefficient (Wildman–Crippen LogP) is 7.75. The van der Waals surface area contributed by atoms with Crippen LogP contribution in [-0.2, 0) is 5.67 Å². The number of nitrogens with one attached hydrogen (secondary N) is 1. The van der Waals surface area contributed by atoms with Gasteiger partial charge in [-0.05, 0) is 51.0 Å². The molecule has 1 aromatic carbocycles. The van der Waals surface area contributed by atoms with Gasteiger partial charge in [0, 0.05) is 17.1 Å². The number of amides is 1. The summed E-state index contributed by atoms with van der Waals surface area (Å²) in [5.41, 5.74) is -1.51. The summed E-state index contributed by atoms with van der Waals surface area (Å²) in [6.07, 6.45) is 5.82. The van der Waals surface area contributed by atoms with E-state index in [1.165, 1.54) is 57.0 Å². The van der Waals surface area contributed by atoms with Gasteiger partial charge in [0.15, 0.2) is 0 Å². The molecule has 1 N–H and O–H groups in total. The third-order valence-electron chi connectivity index (χ3n) is 5.72. The summed E-state index contributed by atoms with van der Waals surface area (Å²) < 4.78 is 43.5. The van der Waals surface area contributed by atoms with Crippen molar-refractivity contribution in [3.8, 4) is 0 Å². The minimum absolute atomic E-state index is 0.00223. The van der Waals surface area contributed by atoms with Gasteiger partial charge in [-0.1, -0.05) is 45.6 Å². The Bertz CT molecular complexity index is 1110. The molecule has 8 heteroatoms. The molecule has 184 valence electrons. The molecule has 2 heterocycles. The number of nitrogens with zero attached hydrogens (tertiary/aromatic N) is 3. The Balaban J connectivity index is 0.00000103. The van der Waals surface area contributed by atoms with Crippen molar-refractivity contribution in [2.45, 2.75) is 84.4 Å². The first-order valence-corrected chi connectivity index (χ1v) is 11.9. The van der Waals surface area contributed by atoms with Gasteiger partial charge in [0.25, 0.3) is 12.3 Å². The van der Waals surface area contributed by atoms with Gasteiger partial charge in [-0.25, -0.2) is 18.2 Å². The molecule has 0 spiro atoms. The predicted molar refractivity (Wildman–Crippen MR) is 129 cm³/mol. The van der Waals surface area contributed by atoms with Crippen LogP contribution in [0.25, 0.3) is 10.9 Å². The first kappa shape index (κ1) is 25.7. The summed E-state index contributed by atoms with van der Waals surface area (Å²) in [4.78, 5) is 16.7. The van der Waals surface area contributed by atoms with E-state index < -0.39 is 18.0 Å². The molecule has 34 heavy (non-hydrogen) atoms. The van der Waals surface area contributed by atoms with Crippen LogP contribution in [-0.4, -0.2) is 20.7 Å². The average molecular weight is 475 g/mol. The monoisotopic (exact) mass is 474 g/mol. The van der Waals surface area contributed by atoms with Gasteiger partial charge in [-0.3, -0.25) is 9.48 Å². The zero-order valence-electron chi connectivity index (χ0n) is 20.2. The van der Waals surface area contributed by atoms with Gasteiger partial charge < -0.3 is 5.32 Å². The van der Waals surface area contributed by atoms with E-state index in [1.807, 2.05) is 10.9 Å². The van der Waals surface area contributed by atoms with E-state index in [0.717, 1.165) is 25.7 Å². The molecule has 1 fully saturated rings. The molecule has 3 aromatic rings. The Hall–Kier alpha value is -2.90. The maximum absolute atomic E-state index is 14.2. The first-order chi connectivity index (χ1) is 16.1. The summed E-state index contributed by atoms with van der Waals surface area (Å²) >= 11 is 0. The molecule has 1 saturated carbocycles. The van der Waals surface area contributed by atoms with Crippen molar-refractivity contribution < 1.29 is 18.0 Å². The van der Waals surface area contributed by atoms with Crippen LogP contribution in [0.3, 0.4) is 0 Å². The van der Waals surface area contributed by atoms with Crippen LogP contribution in [0, 0.1) is 0 Å². The summed E-state index contributed by atoms with van der Waals surface area (Å²) in [5.74, 6) is -0.674. The zero-order valence-corrected chi connectivity index (χ0v) is 20.2. The van der Waals surface area contributed by atoms with E-state index in [0.29, 0.717) is 10.9 Å². The van der Waals surface area contributed by atoms with Crippen LogP contribution >= 0.6 is 0 Å². The molecular formula is C26H33F3N4O. The molecule has 1 aliphatic carbocycles. The Morgan fingerprint density at radius 3 is 2.47 bits per heavy atom. The highest BCUT2D eigenvalue weighted by atomic mass is 19.3. The molecule has 0 bridgehead atoms. The highest BCUT2D eigenvalue weighted by molar-refractivity contribution is 6.04. The van der Waals surface area contributed by atoms with Crippen molar-refractivity contribution in [1.29, 1.82) is 0 Å². The van der Waals surface area contributed by atoms with Gasteiger partial charge >= 0.3 is 0 Å². The SMILES string of the molecule is CC(C)(F)c1cccc(C(=O)Nc2cc3cn(C4CCCCC4)nc3cc2C(F)F)n1.CCC. The highest BCUT2D eigenvalue weighted by Crippen LogP contribution is 2.34. The molecule has 5 nitrogen and oxygen atoms in total. The average Bonchev–Trinajstić information content (AvgIpc) is 3.22. The van der Waals surface area contributed by atoms with Crippen molar-refractivity contribution in [2.24, 2.45) is 0 Å². The summed E-state index contributed by atoms with van der Waals surface area (Å²) in [7, 11) is 0. The maximum atomic E-state index is 14.2. The molecule has 1 amide bonds. The Labute approximate surface area is 198 Å². The van der Waals surface area contributed by atoms with Crippen LogP contribution in [0.15, 0.2) is 36.5 Å². The highest BCUT2D eigenvalue weighted by Gasteiger charge is 2.24. The lowest BCUT2D eigenvalue weighted by atomic mass is 9.96. The van der Waals surface area contributed by atoms with Crippen LogP contribution in [0.2, 0.25) is 0 Å². The quantitative estimate of drug-likeness (QED) is 0.411. The Kier molecular flexibility index (Phi) is 8.33. The minimum atomic E-state index is -2.79.